The van der Waals surface area contributed by atoms with Crippen LogP contribution in [0.15, 0.2) is 18.2 Å². The van der Waals surface area contributed by atoms with Crippen molar-refractivity contribution in [2.45, 2.75) is 24.5 Å². The van der Waals surface area contributed by atoms with Crippen LogP contribution in [0.3, 0.4) is 0 Å². The van der Waals surface area contributed by atoms with Gasteiger partial charge in [-0.1, -0.05) is 6.07 Å². The highest BCUT2D eigenvalue weighted by molar-refractivity contribution is 5.85. The normalized spacial score (nSPS) is 27.6. The summed E-state index contributed by atoms with van der Waals surface area (Å²) in [6, 6.07) is 6.00. The number of carbonyl (C=O) groups is 1. The summed E-state index contributed by atoms with van der Waals surface area (Å²) < 4.78 is 16.2. The highest BCUT2D eigenvalue weighted by Crippen LogP contribution is 2.35. The van der Waals surface area contributed by atoms with Crippen molar-refractivity contribution in [1.82, 2.24) is 21.5 Å². The number of nitrogens with one attached hydrogen (secondary N) is 4. The Labute approximate surface area is 152 Å². The molecule has 3 aliphatic rings. The van der Waals surface area contributed by atoms with Crippen molar-refractivity contribution in [2.75, 3.05) is 33.1 Å². The molecule has 2 saturated heterocycles. The van der Waals surface area contributed by atoms with E-state index in [9.17, 15) is 4.79 Å². The lowest BCUT2D eigenvalue weighted by Crippen LogP contribution is -2.49. The van der Waals surface area contributed by atoms with E-state index in [-0.39, 0.29) is 43.2 Å². The highest BCUT2D eigenvalue weighted by atomic mass is 35.5. The Kier molecular flexibility index (Phi) is 5.98. The topological polar surface area (TPSA) is 92.9 Å². The van der Waals surface area contributed by atoms with Crippen molar-refractivity contribution in [3.05, 3.63) is 23.8 Å². The Hall–Kier alpha value is -1.58. The second-order valence-electron chi connectivity index (χ2n) is 6.22. The first-order chi connectivity index (χ1) is 11.8. The molecule has 25 heavy (non-hydrogen) atoms. The molecule has 3 aliphatic heterocycles. The van der Waals surface area contributed by atoms with E-state index in [1.165, 1.54) is 0 Å². The van der Waals surface area contributed by atoms with Crippen LogP contribution in [-0.2, 0) is 9.53 Å². The van der Waals surface area contributed by atoms with Crippen molar-refractivity contribution < 1.29 is 19.0 Å². The Morgan fingerprint density at radius 2 is 2.16 bits per heavy atom. The van der Waals surface area contributed by atoms with Gasteiger partial charge in [-0.2, -0.15) is 0 Å². The lowest BCUT2D eigenvalue weighted by Gasteiger charge is -2.25. The standard InChI is InChI=1S/C16H22N4O4.ClH/c21-15(6-11-8-22-4-3-17-11)19-16-12(7-18-20-16)10-1-2-13-14(5-10)24-9-23-13;/h1-2,5,11-12,16-18,20H,3-4,6-9H2,(H,19,21);1H. The summed E-state index contributed by atoms with van der Waals surface area (Å²) in [4.78, 5) is 12.3. The Balaban J connectivity index is 0.00000182. The van der Waals surface area contributed by atoms with Gasteiger partial charge in [0.1, 0.15) is 6.17 Å². The van der Waals surface area contributed by atoms with Crippen LogP contribution in [0.2, 0.25) is 0 Å². The van der Waals surface area contributed by atoms with E-state index in [0.29, 0.717) is 19.6 Å². The predicted octanol–water partition coefficient (Wildman–Crippen LogP) is -0.151. The average Bonchev–Trinajstić information content (AvgIpc) is 3.23. The zero-order valence-electron chi connectivity index (χ0n) is 13.7. The van der Waals surface area contributed by atoms with Crippen LogP contribution in [-0.4, -0.2) is 51.2 Å². The molecule has 8 nitrogen and oxygen atoms in total. The summed E-state index contributed by atoms with van der Waals surface area (Å²) in [7, 11) is 0. The fraction of sp³-hybridized carbons (Fsp3) is 0.562. The van der Waals surface area contributed by atoms with E-state index in [1.54, 1.807) is 0 Å². The van der Waals surface area contributed by atoms with Crippen LogP contribution >= 0.6 is 12.4 Å². The number of hydrazine groups is 1. The van der Waals surface area contributed by atoms with E-state index in [0.717, 1.165) is 30.2 Å². The van der Waals surface area contributed by atoms with Gasteiger partial charge >= 0.3 is 0 Å². The molecule has 0 aliphatic carbocycles. The lowest BCUT2D eigenvalue weighted by atomic mass is 9.96. The monoisotopic (exact) mass is 370 g/mol. The van der Waals surface area contributed by atoms with Gasteiger partial charge in [0.15, 0.2) is 11.5 Å². The maximum absolute atomic E-state index is 12.3. The molecule has 1 aromatic rings. The quantitative estimate of drug-likeness (QED) is 0.585. The minimum absolute atomic E-state index is 0. The van der Waals surface area contributed by atoms with Crippen molar-refractivity contribution in [1.29, 1.82) is 0 Å². The molecule has 1 amide bonds. The molecule has 0 aromatic heterocycles. The van der Waals surface area contributed by atoms with Crippen LogP contribution in [0.1, 0.15) is 17.9 Å². The maximum atomic E-state index is 12.3. The highest BCUT2D eigenvalue weighted by Gasteiger charge is 2.31. The number of ether oxygens (including phenoxy) is 3. The van der Waals surface area contributed by atoms with E-state index < -0.39 is 0 Å². The van der Waals surface area contributed by atoms with Crippen LogP contribution in [0.25, 0.3) is 0 Å². The molecule has 3 unspecified atom stereocenters. The zero-order chi connectivity index (χ0) is 16.4. The summed E-state index contributed by atoms with van der Waals surface area (Å²) in [5.74, 6) is 1.65. The number of morpholine rings is 1. The number of amides is 1. The summed E-state index contributed by atoms with van der Waals surface area (Å²) in [5, 5.41) is 6.36. The third kappa shape index (κ3) is 4.16. The summed E-state index contributed by atoms with van der Waals surface area (Å²) in [6.07, 6.45) is 0.244. The van der Waals surface area contributed by atoms with Gasteiger partial charge in [0.25, 0.3) is 0 Å². The van der Waals surface area contributed by atoms with E-state index in [4.69, 9.17) is 14.2 Å². The van der Waals surface area contributed by atoms with Crippen molar-refractivity contribution in [3.63, 3.8) is 0 Å². The fourth-order valence-electron chi connectivity index (χ4n) is 3.30. The Bertz CT molecular complexity index is 612. The molecule has 0 spiro atoms. The van der Waals surface area contributed by atoms with E-state index in [1.807, 2.05) is 18.2 Å². The molecular weight excluding hydrogens is 348 g/mol. The Morgan fingerprint density at radius 1 is 1.28 bits per heavy atom. The first-order valence-electron chi connectivity index (χ1n) is 8.28. The predicted molar refractivity (Wildman–Crippen MR) is 92.8 cm³/mol. The number of hydrogen-bond acceptors (Lipinski definition) is 7. The second kappa shape index (κ2) is 8.20. The summed E-state index contributed by atoms with van der Waals surface area (Å²) in [5.41, 5.74) is 7.35. The second-order valence-corrected chi connectivity index (χ2v) is 6.22. The molecule has 1 aromatic carbocycles. The van der Waals surface area contributed by atoms with E-state index >= 15 is 0 Å². The summed E-state index contributed by atoms with van der Waals surface area (Å²) in [6.45, 7) is 3.07. The van der Waals surface area contributed by atoms with Crippen LogP contribution < -0.4 is 31.0 Å². The Morgan fingerprint density at radius 3 is 3.00 bits per heavy atom. The molecular formula is C16H23ClN4O4. The minimum atomic E-state index is -0.164. The molecule has 138 valence electrons. The van der Waals surface area contributed by atoms with Crippen molar-refractivity contribution in [3.8, 4) is 11.5 Å². The molecule has 3 heterocycles. The van der Waals surface area contributed by atoms with Gasteiger partial charge in [0.05, 0.1) is 13.2 Å². The average molecular weight is 371 g/mol. The molecule has 0 radical (unpaired) electrons. The van der Waals surface area contributed by atoms with E-state index in [2.05, 4.69) is 21.5 Å². The van der Waals surface area contributed by atoms with Gasteiger partial charge in [0.2, 0.25) is 12.7 Å². The van der Waals surface area contributed by atoms with Gasteiger partial charge in [-0.05, 0) is 17.7 Å². The SMILES string of the molecule is Cl.O=C(CC1COCCN1)NC1NNCC1c1ccc2c(c1)OCO2. The number of hydrogen-bond donors (Lipinski definition) is 4. The molecule has 4 rings (SSSR count). The number of carbonyl (C=O) groups excluding carboxylic acids is 1. The maximum Gasteiger partial charge on any atom is 0.231 e. The van der Waals surface area contributed by atoms with Crippen LogP contribution in [0.5, 0.6) is 11.5 Å². The van der Waals surface area contributed by atoms with Gasteiger partial charge in [-0.25, -0.2) is 5.43 Å². The van der Waals surface area contributed by atoms with Crippen molar-refractivity contribution in [2.24, 2.45) is 0 Å². The third-order valence-electron chi connectivity index (χ3n) is 4.55. The molecule has 4 N–H and O–H groups in total. The molecule has 9 heteroatoms. The molecule has 0 saturated carbocycles. The first kappa shape index (κ1) is 18.2. The number of benzene rings is 1. The molecule has 3 atom stereocenters. The molecule has 2 fully saturated rings. The largest absolute Gasteiger partial charge is 0.454 e. The lowest BCUT2D eigenvalue weighted by molar-refractivity contribution is -0.123. The summed E-state index contributed by atoms with van der Waals surface area (Å²) >= 11 is 0. The number of halogens is 1. The fourth-order valence-corrected chi connectivity index (χ4v) is 3.30. The van der Waals surface area contributed by atoms with Crippen LogP contribution in [0, 0.1) is 0 Å². The van der Waals surface area contributed by atoms with Crippen LogP contribution in [0.4, 0.5) is 0 Å². The first-order valence-corrected chi connectivity index (χ1v) is 8.28. The zero-order valence-corrected chi connectivity index (χ0v) is 14.6. The van der Waals surface area contributed by atoms with Gasteiger partial charge in [-0.3, -0.25) is 10.2 Å². The minimum Gasteiger partial charge on any atom is -0.454 e. The number of fused-ring (bicyclic) bond motifs is 1. The third-order valence-corrected chi connectivity index (χ3v) is 4.55. The smallest absolute Gasteiger partial charge is 0.231 e. The van der Waals surface area contributed by atoms with Crippen molar-refractivity contribution >= 4 is 18.3 Å². The molecule has 0 bridgehead atoms. The van der Waals surface area contributed by atoms with Gasteiger partial charge in [0, 0.05) is 31.5 Å². The van der Waals surface area contributed by atoms with Gasteiger partial charge < -0.3 is 24.8 Å². The number of rotatable bonds is 4. The van der Waals surface area contributed by atoms with Gasteiger partial charge in [-0.15, -0.1) is 12.4 Å².